The Kier molecular flexibility index (Phi) is 6.88. The van der Waals surface area contributed by atoms with Crippen LogP contribution in [0.2, 0.25) is 0 Å². The van der Waals surface area contributed by atoms with Crippen LogP contribution in [0.15, 0.2) is 0 Å². The van der Waals surface area contributed by atoms with Crippen LogP contribution < -0.4 is 5.32 Å². The van der Waals surface area contributed by atoms with Gasteiger partial charge in [0.2, 0.25) is 5.91 Å². The Hall–Kier alpha value is -0.220. The van der Waals surface area contributed by atoms with Crippen LogP contribution in [0.5, 0.6) is 0 Å². The number of thioether (sulfide) groups is 1. The topological polar surface area (TPSA) is 32.3 Å². The SMILES string of the molecule is CCSCC(C)NCC(=O)N1CCCCC1. The molecule has 16 heavy (non-hydrogen) atoms. The molecule has 1 saturated heterocycles. The summed E-state index contributed by atoms with van der Waals surface area (Å²) in [5, 5.41) is 3.30. The molecule has 94 valence electrons. The van der Waals surface area contributed by atoms with Crippen molar-refractivity contribution < 1.29 is 4.79 Å². The quantitative estimate of drug-likeness (QED) is 0.772. The van der Waals surface area contributed by atoms with Crippen LogP contribution in [-0.4, -0.2) is 48.0 Å². The van der Waals surface area contributed by atoms with E-state index in [2.05, 4.69) is 19.2 Å². The van der Waals surface area contributed by atoms with Gasteiger partial charge in [0.05, 0.1) is 6.54 Å². The Morgan fingerprint density at radius 1 is 1.38 bits per heavy atom. The second kappa shape index (κ2) is 7.96. The first kappa shape index (κ1) is 13.8. The minimum Gasteiger partial charge on any atom is -0.342 e. The zero-order chi connectivity index (χ0) is 11.8. The van der Waals surface area contributed by atoms with Crippen molar-refractivity contribution in [3.63, 3.8) is 0 Å². The first-order chi connectivity index (χ1) is 7.74. The molecule has 1 heterocycles. The fraction of sp³-hybridized carbons (Fsp3) is 0.917. The van der Waals surface area contributed by atoms with Crippen LogP contribution in [0.4, 0.5) is 0 Å². The van der Waals surface area contributed by atoms with Gasteiger partial charge in [0, 0.05) is 24.9 Å². The Morgan fingerprint density at radius 2 is 2.06 bits per heavy atom. The number of rotatable bonds is 6. The second-order valence-corrected chi connectivity index (χ2v) is 5.70. The van der Waals surface area contributed by atoms with E-state index in [4.69, 9.17) is 0 Å². The third kappa shape index (κ3) is 5.21. The molecule has 1 aliphatic rings. The smallest absolute Gasteiger partial charge is 0.236 e. The molecule has 4 heteroatoms. The van der Waals surface area contributed by atoms with Gasteiger partial charge >= 0.3 is 0 Å². The highest BCUT2D eigenvalue weighted by molar-refractivity contribution is 7.99. The van der Waals surface area contributed by atoms with Gasteiger partial charge in [-0.1, -0.05) is 6.92 Å². The summed E-state index contributed by atoms with van der Waals surface area (Å²) in [4.78, 5) is 13.8. The first-order valence-electron chi connectivity index (χ1n) is 6.33. The van der Waals surface area contributed by atoms with Gasteiger partial charge in [-0.3, -0.25) is 4.79 Å². The summed E-state index contributed by atoms with van der Waals surface area (Å²) >= 11 is 1.92. The highest BCUT2D eigenvalue weighted by Crippen LogP contribution is 2.08. The molecule has 1 rings (SSSR count). The normalized spacial score (nSPS) is 18.5. The second-order valence-electron chi connectivity index (χ2n) is 4.38. The maximum Gasteiger partial charge on any atom is 0.236 e. The van der Waals surface area contributed by atoms with Crippen LogP contribution in [0.1, 0.15) is 33.1 Å². The minimum absolute atomic E-state index is 0.271. The molecule has 1 aliphatic heterocycles. The van der Waals surface area contributed by atoms with Crippen molar-refractivity contribution in [1.29, 1.82) is 0 Å². The van der Waals surface area contributed by atoms with Crippen LogP contribution in [0, 0.1) is 0 Å². The molecule has 0 radical (unpaired) electrons. The van der Waals surface area contributed by atoms with Gasteiger partial charge in [-0.2, -0.15) is 11.8 Å². The zero-order valence-corrected chi connectivity index (χ0v) is 11.3. The molecule has 0 bridgehead atoms. The molecular formula is C12H24N2OS. The zero-order valence-electron chi connectivity index (χ0n) is 10.5. The summed E-state index contributed by atoms with van der Waals surface area (Å²) in [6.45, 7) is 6.73. The Balaban J connectivity index is 2.13. The molecule has 1 atom stereocenters. The van der Waals surface area contributed by atoms with Gasteiger partial charge in [-0.15, -0.1) is 0 Å². The lowest BCUT2D eigenvalue weighted by Gasteiger charge is -2.27. The number of hydrogen-bond donors (Lipinski definition) is 1. The fourth-order valence-electron chi connectivity index (χ4n) is 1.87. The predicted molar refractivity (Wildman–Crippen MR) is 70.9 cm³/mol. The monoisotopic (exact) mass is 244 g/mol. The predicted octanol–water partition coefficient (Wildman–Crippen LogP) is 1.73. The average molecular weight is 244 g/mol. The number of hydrogen-bond acceptors (Lipinski definition) is 3. The first-order valence-corrected chi connectivity index (χ1v) is 7.48. The lowest BCUT2D eigenvalue weighted by molar-refractivity contribution is -0.131. The largest absolute Gasteiger partial charge is 0.342 e. The van der Waals surface area contributed by atoms with Gasteiger partial charge in [0.15, 0.2) is 0 Å². The molecule has 1 fully saturated rings. The highest BCUT2D eigenvalue weighted by atomic mass is 32.2. The molecule has 1 unspecified atom stereocenters. The Bertz CT molecular complexity index is 205. The molecule has 3 nitrogen and oxygen atoms in total. The Morgan fingerprint density at radius 3 is 2.69 bits per heavy atom. The molecule has 0 aromatic heterocycles. The lowest BCUT2D eigenvalue weighted by Crippen LogP contribution is -2.43. The number of likely N-dealkylation sites (tertiary alicyclic amines) is 1. The van der Waals surface area contributed by atoms with Gasteiger partial charge in [0.25, 0.3) is 0 Å². The van der Waals surface area contributed by atoms with Crippen molar-refractivity contribution in [1.82, 2.24) is 10.2 Å². The molecule has 0 saturated carbocycles. The van der Waals surface area contributed by atoms with E-state index in [1.54, 1.807) is 0 Å². The number of carbonyl (C=O) groups excluding carboxylic acids is 1. The summed E-state index contributed by atoms with van der Waals surface area (Å²) in [6.07, 6.45) is 3.63. The maximum atomic E-state index is 11.8. The summed E-state index contributed by atoms with van der Waals surface area (Å²) in [5.41, 5.74) is 0. The van der Waals surface area contributed by atoms with E-state index in [0.717, 1.165) is 24.6 Å². The van der Waals surface area contributed by atoms with Gasteiger partial charge < -0.3 is 10.2 Å². The number of carbonyl (C=O) groups is 1. The van der Waals surface area contributed by atoms with E-state index in [9.17, 15) is 4.79 Å². The molecule has 0 aromatic rings. The van der Waals surface area contributed by atoms with Crippen molar-refractivity contribution in [2.24, 2.45) is 0 Å². The van der Waals surface area contributed by atoms with E-state index in [1.807, 2.05) is 16.7 Å². The van der Waals surface area contributed by atoms with Crippen molar-refractivity contribution in [3.05, 3.63) is 0 Å². The third-order valence-electron chi connectivity index (χ3n) is 2.88. The van der Waals surface area contributed by atoms with Crippen molar-refractivity contribution in [3.8, 4) is 0 Å². The van der Waals surface area contributed by atoms with E-state index in [-0.39, 0.29) is 5.91 Å². The van der Waals surface area contributed by atoms with E-state index < -0.39 is 0 Å². The summed E-state index contributed by atoms with van der Waals surface area (Å²) in [5.74, 6) is 2.50. The molecular weight excluding hydrogens is 220 g/mol. The average Bonchev–Trinajstić information content (AvgIpc) is 2.34. The molecule has 1 N–H and O–H groups in total. The molecule has 0 aromatic carbocycles. The number of piperidine rings is 1. The number of amides is 1. The van der Waals surface area contributed by atoms with E-state index in [1.165, 1.54) is 19.3 Å². The molecule has 1 amide bonds. The van der Waals surface area contributed by atoms with Gasteiger partial charge in [-0.05, 0) is 31.9 Å². The standard InChI is InChI=1S/C12H24N2OS/c1-3-16-10-11(2)13-9-12(15)14-7-5-4-6-8-14/h11,13H,3-10H2,1-2H3. The summed E-state index contributed by atoms with van der Waals surface area (Å²) < 4.78 is 0. The molecule has 0 aliphatic carbocycles. The van der Waals surface area contributed by atoms with Crippen molar-refractivity contribution in [2.45, 2.75) is 39.2 Å². The fourth-order valence-corrected chi connectivity index (χ4v) is 2.58. The van der Waals surface area contributed by atoms with Crippen LogP contribution in [0.25, 0.3) is 0 Å². The summed E-state index contributed by atoms with van der Waals surface area (Å²) in [6, 6.07) is 0.429. The van der Waals surface area contributed by atoms with E-state index in [0.29, 0.717) is 12.6 Å². The van der Waals surface area contributed by atoms with Crippen LogP contribution >= 0.6 is 11.8 Å². The molecule has 0 spiro atoms. The number of nitrogens with one attached hydrogen (secondary N) is 1. The van der Waals surface area contributed by atoms with Gasteiger partial charge in [0.1, 0.15) is 0 Å². The van der Waals surface area contributed by atoms with Crippen molar-refractivity contribution >= 4 is 17.7 Å². The van der Waals surface area contributed by atoms with Crippen molar-refractivity contribution in [2.75, 3.05) is 31.1 Å². The van der Waals surface area contributed by atoms with Gasteiger partial charge in [-0.25, -0.2) is 0 Å². The van der Waals surface area contributed by atoms with Crippen LogP contribution in [-0.2, 0) is 4.79 Å². The Labute approximate surface area is 103 Å². The highest BCUT2D eigenvalue weighted by Gasteiger charge is 2.16. The number of nitrogens with zero attached hydrogens (tertiary/aromatic N) is 1. The third-order valence-corrected chi connectivity index (χ3v) is 4.03. The minimum atomic E-state index is 0.271. The van der Waals surface area contributed by atoms with Crippen LogP contribution in [0.3, 0.4) is 0 Å². The van der Waals surface area contributed by atoms with E-state index >= 15 is 0 Å². The lowest BCUT2D eigenvalue weighted by atomic mass is 10.1. The maximum absolute atomic E-state index is 11.8. The summed E-state index contributed by atoms with van der Waals surface area (Å²) in [7, 11) is 0.